The van der Waals surface area contributed by atoms with E-state index < -0.39 is 16.7 Å². The highest BCUT2D eigenvalue weighted by Crippen LogP contribution is 2.46. The van der Waals surface area contributed by atoms with Crippen molar-refractivity contribution in [1.82, 2.24) is 0 Å². The van der Waals surface area contributed by atoms with Crippen LogP contribution in [0.5, 0.6) is 0 Å². The van der Waals surface area contributed by atoms with Gasteiger partial charge in [0.25, 0.3) is 0 Å². The molecule has 0 N–H and O–H groups in total. The predicted octanol–water partition coefficient (Wildman–Crippen LogP) is 8.44. The molecule has 0 radical (unpaired) electrons. The van der Waals surface area contributed by atoms with Crippen molar-refractivity contribution in [1.29, 1.82) is 0 Å². The maximum atomic E-state index is 14.3. The van der Waals surface area contributed by atoms with Crippen molar-refractivity contribution in [3.05, 3.63) is 81.9 Å². The van der Waals surface area contributed by atoms with E-state index >= 15 is 0 Å². The lowest BCUT2D eigenvalue weighted by Gasteiger charge is -2.35. The summed E-state index contributed by atoms with van der Waals surface area (Å²) in [5.74, 6) is -0.939. The van der Waals surface area contributed by atoms with Crippen LogP contribution in [0, 0.1) is 17.6 Å². The van der Waals surface area contributed by atoms with Gasteiger partial charge in [-0.05, 0) is 64.8 Å². The Morgan fingerprint density at radius 3 is 2.48 bits per heavy atom. The van der Waals surface area contributed by atoms with Crippen molar-refractivity contribution in [2.24, 2.45) is 5.92 Å². The van der Waals surface area contributed by atoms with Crippen molar-refractivity contribution >= 4 is 22.4 Å². The van der Waals surface area contributed by atoms with Crippen molar-refractivity contribution < 1.29 is 8.78 Å². The van der Waals surface area contributed by atoms with Crippen LogP contribution in [0.2, 0.25) is 5.02 Å². The molecule has 0 saturated carbocycles. The molecule has 1 aliphatic rings. The van der Waals surface area contributed by atoms with Crippen LogP contribution in [0.1, 0.15) is 68.1 Å². The topological polar surface area (TPSA) is 0 Å². The fourth-order valence-corrected chi connectivity index (χ4v) is 5.13. The van der Waals surface area contributed by atoms with Gasteiger partial charge in [0.2, 0.25) is 0 Å². The van der Waals surface area contributed by atoms with E-state index in [1.165, 1.54) is 53.3 Å². The van der Waals surface area contributed by atoms with Crippen LogP contribution in [0.25, 0.3) is 10.8 Å². The Morgan fingerprint density at radius 2 is 1.72 bits per heavy atom. The third kappa shape index (κ3) is 4.05. The number of aryl methyl sites for hydroxylation is 1. The number of hydrogen-bond acceptors (Lipinski definition) is 0. The van der Waals surface area contributed by atoms with E-state index in [4.69, 9.17) is 11.6 Å². The van der Waals surface area contributed by atoms with Gasteiger partial charge < -0.3 is 0 Å². The number of halogens is 3. The van der Waals surface area contributed by atoms with E-state index in [1.807, 2.05) is 0 Å². The molecule has 0 unspecified atom stereocenters. The first-order valence-corrected chi connectivity index (χ1v) is 11.1. The number of rotatable bonds is 6. The lowest BCUT2D eigenvalue weighted by Crippen LogP contribution is -2.22. The van der Waals surface area contributed by atoms with Crippen LogP contribution < -0.4 is 0 Å². The molecule has 1 aliphatic carbocycles. The lowest BCUT2D eigenvalue weighted by molar-refractivity contribution is 0.366. The Kier molecular flexibility index (Phi) is 6.20. The Morgan fingerprint density at radius 1 is 0.966 bits per heavy atom. The minimum Gasteiger partial charge on any atom is -0.205 e. The van der Waals surface area contributed by atoms with Crippen molar-refractivity contribution in [2.75, 3.05) is 0 Å². The first kappa shape index (κ1) is 20.3. The highest BCUT2D eigenvalue weighted by molar-refractivity contribution is 6.30. The zero-order valence-electron chi connectivity index (χ0n) is 16.9. The molecule has 0 heterocycles. The van der Waals surface area contributed by atoms with Crippen LogP contribution >= 0.6 is 11.6 Å². The van der Waals surface area contributed by atoms with E-state index in [9.17, 15) is 8.78 Å². The molecule has 3 heteroatoms. The summed E-state index contributed by atoms with van der Waals surface area (Å²) < 4.78 is 28.7. The SMILES string of the molecule is CCCCCC[C@@H]1CCc2c(ccc3ccccc23)[C@H]1c1cc(F)c(Cl)c(F)c1. The van der Waals surface area contributed by atoms with Crippen molar-refractivity contribution in [2.45, 2.75) is 57.8 Å². The Hall–Kier alpha value is -1.93. The average molecular weight is 413 g/mol. The summed E-state index contributed by atoms with van der Waals surface area (Å²) in [6.45, 7) is 2.21. The predicted molar refractivity (Wildman–Crippen MR) is 118 cm³/mol. The highest BCUT2D eigenvalue weighted by Gasteiger charge is 2.32. The maximum absolute atomic E-state index is 14.3. The van der Waals surface area contributed by atoms with Gasteiger partial charge in [-0.2, -0.15) is 0 Å². The van der Waals surface area contributed by atoms with Crippen LogP contribution in [-0.4, -0.2) is 0 Å². The van der Waals surface area contributed by atoms with Gasteiger partial charge in [-0.1, -0.05) is 80.6 Å². The molecule has 0 aliphatic heterocycles. The molecule has 0 spiro atoms. The van der Waals surface area contributed by atoms with E-state index in [0.29, 0.717) is 11.5 Å². The van der Waals surface area contributed by atoms with Crippen LogP contribution in [0.15, 0.2) is 48.5 Å². The molecule has 152 valence electrons. The monoisotopic (exact) mass is 412 g/mol. The zero-order chi connectivity index (χ0) is 20.4. The lowest BCUT2D eigenvalue weighted by atomic mass is 9.69. The molecular formula is C26H27ClF2. The van der Waals surface area contributed by atoms with Gasteiger partial charge in [-0.25, -0.2) is 8.78 Å². The Labute approximate surface area is 176 Å². The minimum atomic E-state index is -0.667. The van der Waals surface area contributed by atoms with Gasteiger partial charge in [0.1, 0.15) is 16.7 Å². The van der Waals surface area contributed by atoms with E-state index in [-0.39, 0.29) is 5.92 Å². The second-order valence-corrected chi connectivity index (χ2v) is 8.66. The smallest absolute Gasteiger partial charge is 0.145 e. The standard InChI is InChI=1S/C26H27ClF2/c1-2-3-4-5-9-18-12-13-21-20-10-7-6-8-17(20)11-14-22(21)25(18)19-15-23(28)26(27)24(29)16-19/h6-8,10-11,14-16,18,25H,2-5,9,12-13H2,1H3/t18-,25-/m1/s1. The molecule has 0 aromatic heterocycles. The maximum Gasteiger partial charge on any atom is 0.145 e. The van der Waals surface area contributed by atoms with Gasteiger partial charge in [0.05, 0.1) is 0 Å². The first-order chi connectivity index (χ1) is 14.1. The second kappa shape index (κ2) is 8.83. The van der Waals surface area contributed by atoms with E-state index in [2.05, 4.69) is 43.3 Å². The summed E-state index contributed by atoms with van der Waals surface area (Å²) in [7, 11) is 0. The van der Waals surface area contributed by atoms with Gasteiger partial charge >= 0.3 is 0 Å². The van der Waals surface area contributed by atoms with Gasteiger partial charge in [0, 0.05) is 5.92 Å². The number of unbranched alkanes of at least 4 members (excludes halogenated alkanes) is 3. The third-order valence-electron chi connectivity index (χ3n) is 6.44. The summed E-state index contributed by atoms with van der Waals surface area (Å²) in [5.41, 5.74) is 3.26. The average Bonchev–Trinajstić information content (AvgIpc) is 2.74. The number of benzene rings is 3. The second-order valence-electron chi connectivity index (χ2n) is 8.28. The fraction of sp³-hybridized carbons (Fsp3) is 0.385. The number of fused-ring (bicyclic) bond motifs is 3. The molecule has 2 atom stereocenters. The Balaban J connectivity index is 1.79. The van der Waals surface area contributed by atoms with Crippen molar-refractivity contribution in [3.8, 4) is 0 Å². The summed E-state index contributed by atoms with van der Waals surface area (Å²) in [6.07, 6.45) is 7.97. The molecule has 0 amide bonds. The minimum absolute atomic E-state index is 0.00579. The summed E-state index contributed by atoms with van der Waals surface area (Å²) in [6, 6.07) is 15.6. The molecule has 3 aromatic rings. The molecule has 29 heavy (non-hydrogen) atoms. The molecule has 0 nitrogen and oxygen atoms in total. The first-order valence-electron chi connectivity index (χ1n) is 10.7. The molecule has 0 bridgehead atoms. The molecule has 0 fully saturated rings. The van der Waals surface area contributed by atoms with Gasteiger partial charge in [-0.15, -0.1) is 0 Å². The molecule has 0 saturated heterocycles. The summed E-state index contributed by atoms with van der Waals surface area (Å²) in [5, 5.41) is 2.07. The van der Waals surface area contributed by atoms with Crippen LogP contribution in [0.3, 0.4) is 0 Å². The summed E-state index contributed by atoms with van der Waals surface area (Å²) >= 11 is 5.77. The zero-order valence-corrected chi connectivity index (χ0v) is 17.6. The largest absolute Gasteiger partial charge is 0.205 e. The quantitative estimate of drug-likeness (QED) is 0.281. The fourth-order valence-electron chi connectivity index (χ4n) is 5.02. The van der Waals surface area contributed by atoms with Gasteiger partial charge in [0.15, 0.2) is 0 Å². The Bertz CT molecular complexity index is 988. The molecular weight excluding hydrogens is 386 g/mol. The third-order valence-corrected chi connectivity index (χ3v) is 6.80. The normalized spacial score (nSPS) is 18.8. The molecule has 4 rings (SSSR count). The van der Waals surface area contributed by atoms with E-state index in [0.717, 1.165) is 25.7 Å². The van der Waals surface area contributed by atoms with Crippen molar-refractivity contribution in [3.63, 3.8) is 0 Å². The van der Waals surface area contributed by atoms with Crippen LogP contribution in [-0.2, 0) is 6.42 Å². The van der Waals surface area contributed by atoms with Gasteiger partial charge in [-0.3, -0.25) is 0 Å². The highest BCUT2D eigenvalue weighted by atomic mass is 35.5. The summed E-state index contributed by atoms with van der Waals surface area (Å²) in [4.78, 5) is 0. The molecule has 3 aromatic carbocycles. The number of hydrogen-bond donors (Lipinski definition) is 0. The van der Waals surface area contributed by atoms with Crippen LogP contribution in [0.4, 0.5) is 8.78 Å². The van der Waals surface area contributed by atoms with E-state index in [1.54, 1.807) is 0 Å².